The van der Waals surface area contributed by atoms with Gasteiger partial charge in [-0.25, -0.2) is 8.78 Å². The van der Waals surface area contributed by atoms with Gasteiger partial charge in [-0.05, 0) is 12.1 Å². The first-order valence-electron chi connectivity index (χ1n) is 6.08. The topological polar surface area (TPSA) is 72.6 Å². The minimum absolute atomic E-state index is 0.106. The average molecular weight is 284 g/mol. The normalized spacial score (nSPS) is 19.8. The summed E-state index contributed by atoms with van der Waals surface area (Å²) in [7, 11) is 0. The van der Waals surface area contributed by atoms with Crippen molar-refractivity contribution < 1.29 is 23.1 Å². The molecule has 1 amide bonds. The van der Waals surface area contributed by atoms with Gasteiger partial charge in [-0.3, -0.25) is 14.5 Å². The van der Waals surface area contributed by atoms with E-state index in [0.717, 1.165) is 12.1 Å². The van der Waals surface area contributed by atoms with Gasteiger partial charge in [-0.2, -0.15) is 0 Å². The summed E-state index contributed by atoms with van der Waals surface area (Å²) in [4.78, 5) is 24.8. The second-order valence-corrected chi connectivity index (χ2v) is 4.51. The molecule has 1 aromatic rings. The molecule has 1 aliphatic rings. The molecule has 0 aromatic heterocycles. The molecule has 0 bridgehead atoms. The number of ketones is 1. The highest BCUT2D eigenvalue weighted by molar-refractivity contribution is 5.98. The molecular weight excluding hydrogens is 270 g/mol. The number of ether oxygens (including phenoxy) is 1. The van der Waals surface area contributed by atoms with Crippen LogP contribution in [0.2, 0.25) is 0 Å². The molecule has 0 aliphatic carbocycles. The summed E-state index contributed by atoms with van der Waals surface area (Å²) in [5, 5.41) is 0. The van der Waals surface area contributed by atoms with Crippen LogP contribution < -0.4 is 5.73 Å². The van der Waals surface area contributed by atoms with Gasteiger partial charge in [0.25, 0.3) is 0 Å². The smallest absolute Gasteiger partial charge is 0.237 e. The van der Waals surface area contributed by atoms with E-state index in [1.54, 1.807) is 0 Å². The van der Waals surface area contributed by atoms with Crippen molar-refractivity contribution in [3.8, 4) is 0 Å². The third kappa shape index (κ3) is 3.17. The number of nitrogens with two attached hydrogens (primary N) is 1. The SMILES string of the molecule is NC(=O)C1COCCN1CC(=O)c1ccc(F)cc1F. The number of carbonyl (C=O) groups is 2. The molecule has 1 saturated heterocycles. The molecule has 1 heterocycles. The van der Waals surface area contributed by atoms with Crippen molar-refractivity contribution in [3.63, 3.8) is 0 Å². The summed E-state index contributed by atoms with van der Waals surface area (Å²) in [6.45, 7) is 0.652. The molecule has 0 spiro atoms. The van der Waals surface area contributed by atoms with Gasteiger partial charge in [0.15, 0.2) is 5.78 Å². The summed E-state index contributed by atoms with van der Waals surface area (Å²) in [6, 6.07) is 2.04. The zero-order valence-electron chi connectivity index (χ0n) is 10.6. The predicted octanol–water partition coefficient (Wildman–Crippen LogP) is 0.334. The highest BCUT2D eigenvalue weighted by atomic mass is 19.1. The van der Waals surface area contributed by atoms with E-state index in [9.17, 15) is 18.4 Å². The molecule has 2 rings (SSSR count). The number of benzene rings is 1. The van der Waals surface area contributed by atoms with Crippen LogP contribution in [0.25, 0.3) is 0 Å². The standard InChI is InChI=1S/C13H14F2N2O3/c14-8-1-2-9(10(15)5-8)12(18)6-17-3-4-20-7-11(17)13(16)19/h1-2,5,11H,3-4,6-7H2,(H2,16,19). The van der Waals surface area contributed by atoms with E-state index >= 15 is 0 Å². The lowest BCUT2D eigenvalue weighted by atomic mass is 10.1. The maximum Gasteiger partial charge on any atom is 0.237 e. The Kier molecular flexibility index (Phi) is 4.41. The fourth-order valence-electron chi connectivity index (χ4n) is 2.07. The highest BCUT2D eigenvalue weighted by Crippen LogP contribution is 2.13. The Hall–Kier alpha value is -1.86. The van der Waals surface area contributed by atoms with Crippen LogP contribution in [0.15, 0.2) is 18.2 Å². The van der Waals surface area contributed by atoms with E-state index in [4.69, 9.17) is 10.5 Å². The van der Waals surface area contributed by atoms with E-state index in [2.05, 4.69) is 0 Å². The van der Waals surface area contributed by atoms with Crippen molar-refractivity contribution in [3.05, 3.63) is 35.4 Å². The van der Waals surface area contributed by atoms with Crippen molar-refractivity contribution in [2.45, 2.75) is 6.04 Å². The summed E-state index contributed by atoms with van der Waals surface area (Å²) < 4.78 is 31.4. The molecule has 2 N–H and O–H groups in total. The van der Waals surface area contributed by atoms with Crippen molar-refractivity contribution in [2.24, 2.45) is 5.73 Å². The van der Waals surface area contributed by atoms with E-state index in [1.165, 1.54) is 4.90 Å². The maximum atomic E-state index is 13.5. The van der Waals surface area contributed by atoms with Gasteiger partial charge in [0, 0.05) is 12.6 Å². The summed E-state index contributed by atoms with van der Waals surface area (Å²) >= 11 is 0. The lowest BCUT2D eigenvalue weighted by Crippen LogP contribution is -2.53. The molecule has 0 saturated carbocycles. The Bertz CT molecular complexity index is 536. The fraction of sp³-hybridized carbons (Fsp3) is 0.385. The Labute approximate surface area is 114 Å². The largest absolute Gasteiger partial charge is 0.378 e. The highest BCUT2D eigenvalue weighted by Gasteiger charge is 2.29. The van der Waals surface area contributed by atoms with Crippen molar-refractivity contribution >= 4 is 11.7 Å². The minimum atomic E-state index is -0.918. The number of primary amides is 1. The van der Waals surface area contributed by atoms with Gasteiger partial charge < -0.3 is 10.5 Å². The number of halogens is 2. The lowest BCUT2D eigenvalue weighted by Gasteiger charge is -2.32. The van der Waals surface area contributed by atoms with Crippen LogP contribution in [0.3, 0.4) is 0 Å². The molecule has 1 unspecified atom stereocenters. The Morgan fingerprint density at radius 1 is 1.40 bits per heavy atom. The van der Waals surface area contributed by atoms with Crippen LogP contribution in [0, 0.1) is 11.6 Å². The Balaban J connectivity index is 2.11. The minimum Gasteiger partial charge on any atom is -0.378 e. The number of rotatable bonds is 4. The van der Waals surface area contributed by atoms with Gasteiger partial charge in [0.2, 0.25) is 5.91 Å². The number of nitrogens with zero attached hydrogens (tertiary/aromatic N) is 1. The number of Topliss-reactive ketones (excluding diaryl/α,β-unsaturated/α-hetero) is 1. The summed E-state index contributed by atoms with van der Waals surface area (Å²) in [5.41, 5.74) is 5.02. The van der Waals surface area contributed by atoms with Crippen molar-refractivity contribution in [1.82, 2.24) is 4.90 Å². The Morgan fingerprint density at radius 3 is 2.80 bits per heavy atom. The van der Waals surface area contributed by atoms with Crippen LogP contribution in [0.5, 0.6) is 0 Å². The van der Waals surface area contributed by atoms with Crippen LogP contribution in [-0.2, 0) is 9.53 Å². The number of hydrogen-bond donors (Lipinski definition) is 1. The molecule has 5 nitrogen and oxygen atoms in total. The zero-order valence-corrected chi connectivity index (χ0v) is 10.6. The lowest BCUT2D eigenvalue weighted by molar-refractivity contribution is -0.128. The van der Waals surface area contributed by atoms with Gasteiger partial charge in [-0.1, -0.05) is 0 Å². The zero-order chi connectivity index (χ0) is 14.7. The molecular formula is C13H14F2N2O3. The molecule has 7 heteroatoms. The molecule has 108 valence electrons. The molecule has 1 aromatic carbocycles. The van der Waals surface area contributed by atoms with E-state index < -0.39 is 29.4 Å². The van der Waals surface area contributed by atoms with Crippen LogP contribution in [-0.4, -0.2) is 48.9 Å². The van der Waals surface area contributed by atoms with Gasteiger partial charge in [0.1, 0.15) is 17.7 Å². The third-order valence-corrected chi connectivity index (χ3v) is 3.15. The quantitative estimate of drug-likeness (QED) is 0.809. The van der Waals surface area contributed by atoms with E-state index in [0.29, 0.717) is 19.2 Å². The van der Waals surface area contributed by atoms with Crippen molar-refractivity contribution in [1.29, 1.82) is 0 Å². The predicted molar refractivity (Wildman–Crippen MR) is 66.1 cm³/mol. The molecule has 1 atom stereocenters. The molecule has 0 radical (unpaired) electrons. The fourth-order valence-corrected chi connectivity index (χ4v) is 2.07. The molecule has 20 heavy (non-hydrogen) atoms. The first-order chi connectivity index (χ1) is 9.49. The number of amides is 1. The summed E-state index contributed by atoms with van der Waals surface area (Å²) in [5.74, 6) is -2.80. The van der Waals surface area contributed by atoms with E-state index in [-0.39, 0.29) is 18.7 Å². The number of morpholine rings is 1. The molecule has 1 aliphatic heterocycles. The monoisotopic (exact) mass is 284 g/mol. The average Bonchev–Trinajstić information content (AvgIpc) is 2.38. The van der Waals surface area contributed by atoms with E-state index in [1.807, 2.05) is 0 Å². The van der Waals surface area contributed by atoms with Gasteiger partial charge >= 0.3 is 0 Å². The maximum absolute atomic E-state index is 13.5. The van der Waals surface area contributed by atoms with Gasteiger partial charge in [-0.15, -0.1) is 0 Å². The second kappa shape index (κ2) is 6.06. The first-order valence-corrected chi connectivity index (χ1v) is 6.08. The Morgan fingerprint density at radius 2 is 2.15 bits per heavy atom. The van der Waals surface area contributed by atoms with Crippen LogP contribution in [0.4, 0.5) is 8.78 Å². The summed E-state index contributed by atoms with van der Waals surface area (Å²) in [6.07, 6.45) is 0. The first kappa shape index (κ1) is 14.5. The van der Waals surface area contributed by atoms with Crippen LogP contribution >= 0.6 is 0 Å². The number of hydrogen-bond acceptors (Lipinski definition) is 4. The van der Waals surface area contributed by atoms with Crippen LogP contribution in [0.1, 0.15) is 10.4 Å². The van der Waals surface area contributed by atoms with Gasteiger partial charge in [0.05, 0.1) is 25.3 Å². The number of carbonyl (C=O) groups excluding carboxylic acids is 2. The second-order valence-electron chi connectivity index (χ2n) is 4.51. The van der Waals surface area contributed by atoms with Crippen molar-refractivity contribution in [2.75, 3.05) is 26.3 Å². The third-order valence-electron chi connectivity index (χ3n) is 3.15. The molecule has 1 fully saturated rings.